The first-order chi connectivity index (χ1) is 21.2. The van der Waals surface area contributed by atoms with E-state index in [1.807, 2.05) is 37.3 Å². The normalized spacial score (nSPS) is 11.9. The van der Waals surface area contributed by atoms with Crippen LogP contribution < -0.4 is 9.62 Å². The predicted octanol–water partition coefficient (Wildman–Crippen LogP) is 6.75. The molecule has 4 aromatic rings. The first-order valence-corrected chi connectivity index (χ1v) is 16.6. The van der Waals surface area contributed by atoms with Gasteiger partial charge in [0, 0.05) is 29.6 Å². The Balaban J connectivity index is 1.78. The second-order valence-electron chi connectivity index (χ2n) is 10.3. The number of rotatable bonds is 14. The number of carbonyl (C=O) groups is 2. The van der Waals surface area contributed by atoms with Crippen LogP contribution in [0.4, 0.5) is 5.69 Å². The Labute approximate surface area is 269 Å². The molecule has 0 aliphatic rings. The van der Waals surface area contributed by atoms with Gasteiger partial charge in [-0.3, -0.25) is 13.9 Å². The third-order valence-electron chi connectivity index (χ3n) is 7.12. The van der Waals surface area contributed by atoms with Crippen LogP contribution >= 0.6 is 23.2 Å². The molecule has 230 valence electrons. The number of anilines is 1. The topological polar surface area (TPSA) is 86.8 Å². The highest BCUT2D eigenvalue weighted by Gasteiger charge is 2.34. The minimum atomic E-state index is -4.20. The van der Waals surface area contributed by atoms with Gasteiger partial charge in [0.15, 0.2) is 0 Å². The molecule has 7 nitrogen and oxygen atoms in total. The molecule has 0 spiro atoms. The Morgan fingerprint density at radius 3 is 2.07 bits per heavy atom. The second kappa shape index (κ2) is 15.7. The van der Waals surface area contributed by atoms with Gasteiger partial charge in [-0.25, -0.2) is 8.42 Å². The van der Waals surface area contributed by atoms with Crippen LogP contribution in [0.2, 0.25) is 10.0 Å². The number of unbranched alkanes of at least 4 members (excludes halogenated alkanes) is 1. The number of nitrogens with zero attached hydrogens (tertiary/aromatic N) is 2. The summed E-state index contributed by atoms with van der Waals surface area (Å²) in [5.74, 6) is -0.882. The molecule has 0 aliphatic heterocycles. The largest absolute Gasteiger partial charge is 0.354 e. The van der Waals surface area contributed by atoms with E-state index < -0.39 is 28.5 Å². The summed E-state index contributed by atoms with van der Waals surface area (Å²) in [6.07, 6.45) is 1.90. The Hall–Kier alpha value is -3.85. The summed E-state index contributed by atoms with van der Waals surface area (Å²) < 4.78 is 29.1. The van der Waals surface area contributed by atoms with E-state index in [1.54, 1.807) is 54.6 Å². The van der Waals surface area contributed by atoms with Crippen molar-refractivity contribution in [1.82, 2.24) is 10.2 Å². The number of sulfonamides is 1. The maximum absolute atomic E-state index is 14.4. The summed E-state index contributed by atoms with van der Waals surface area (Å²) >= 11 is 12.6. The van der Waals surface area contributed by atoms with E-state index in [2.05, 4.69) is 5.32 Å². The lowest BCUT2D eigenvalue weighted by Gasteiger charge is -2.34. The van der Waals surface area contributed by atoms with E-state index in [9.17, 15) is 18.0 Å². The van der Waals surface area contributed by atoms with Gasteiger partial charge in [0.05, 0.1) is 10.6 Å². The van der Waals surface area contributed by atoms with Crippen molar-refractivity contribution < 1.29 is 18.0 Å². The number of benzene rings is 4. The summed E-state index contributed by atoms with van der Waals surface area (Å²) in [6, 6.07) is 29.8. The summed E-state index contributed by atoms with van der Waals surface area (Å²) in [6.45, 7) is 1.93. The van der Waals surface area contributed by atoms with E-state index in [-0.39, 0.29) is 23.8 Å². The van der Waals surface area contributed by atoms with Gasteiger partial charge < -0.3 is 10.2 Å². The molecule has 1 N–H and O–H groups in total. The van der Waals surface area contributed by atoms with Crippen LogP contribution in [0.25, 0.3) is 0 Å². The lowest BCUT2D eigenvalue weighted by Crippen LogP contribution is -2.53. The number of para-hydroxylation sites is 1. The van der Waals surface area contributed by atoms with Crippen LogP contribution in [-0.2, 0) is 32.6 Å². The Bertz CT molecular complexity index is 1640. The van der Waals surface area contributed by atoms with Crippen LogP contribution in [0.3, 0.4) is 0 Å². The molecule has 1 unspecified atom stereocenters. The summed E-state index contributed by atoms with van der Waals surface area (Å²) in [5, 5.41) is 3.79. The lowest BCUT2D eigenvalue weighted by molar-refractivity contribution is -0.140. The molecular formula is C34H35Cl2N3O4S. The molecule has 2 amide bonds. The van der Waals surface area contributed by atoms with Crippen molar-refractivity contribution in [1.29, 1.82) is 0 Å². The van der Waals surface area contributed by atoms with Crippen molar-refractivity contribution in [2.75, 3.05) is 17.4 Å². The van der Waals surface area contributed by atoms with Crippen LogP contribution in [0, 0.1) is 0 Å². The smallest absolute Gasteiger partial charge is 0.264 e. The van der Waals surface area contributed by atoms with Crippen LogP contribution in [0.15, 0.2) is 114 Å². The zero-order valence-electron chi connectivity index (χ0n) is 24.4. The summed E-state index contributed by atoms with van der Waals surface area (Å²) in [7, 11) is -4.20. The van der Waals surface area contributed by atoms with Crippen molar-refractivity contribution in [2.24, 2.45) is 0 Å². The molecule has 1 atom stereocenters. The average molecular weight is 653 g/mol. The number of nitrogens with one attached hydrogen (secondary N) is 1. The molecule has 0 saturated carbocycles. The van der Waals surface area contributed by atoms with E-state index in [1.165, 1.54) is 29.2 Å². The van der Waals surface area contributed by atoms with E-state index in [4.69, 9.17) is 23.2 Å². The highest BCUT2D eigenvalue weighted by atomic mass is 35.5. The first kappa shape index (κ1) is 33.1. The van der Waals surface area contributed by atoms with Gasteiger partial charge in [-0.15, -0.1) is 0 Å². The van der Waals surface area contributed by atoms with Gasteiger partial charge in [0.1, 0.15) is 12.6 Å². The minimum absolute atomic E-state index is 0.000820. The molecule has 0 aliphatic carbocycles. The monoisotopic (exact) mass is 651 g/mol. The number of hydrogen-bond acceptors (Lipinski definition) is 4. The Morgan fingerprint density at radius 1 is 0.818 bits per heavy atom. The fraction of sp³-hybridized carbons (Fsp3) is 0.235. The standard InChI is InChI=1S/C34H35Cl2N3O4S/c1-2-3-22-37-34(41)32(23-26-12-6-4-7-13-26)38(24-27-14-10-11-17-31(27)36)33(40)25-39(29-15-8-5-9-16-29)44(42,43)30-20-18-28(35)19-21-30/h4-21,32H,2-3,22-25H2,1H3,(H,37,41). The zero-order chi connectivity index (χ0) is 31.5. The van der Waals surface area contributed by atoms with Crippen molar-refractivity contribution in [3.8, 4) is 0 Å². The van der Waals surface area contributed by atoms with Crippen molar-refractivity contribution in [2.45, 2.75) is 43.7 Å². The van der Waals surface area contributed by atoms with Crippen LogP contribution in [-0.4, -0.2) is 44.3 Å². The minimum Gasteiger partial charge on any atom is -0.354 e. The summed E-state index contributed by atoms with van der Waals surface area (Å²) in [5.41, 5.74) is 1.79. The molecule has 0 bridgehead atoms. The second-order valence-corrected chi connectivity index (χ2v) is 13.0. The van der Waals surface area contributed by atoms with Crippen molar-refractivity contribution in [3.63, 3.8) is 0 Å². The van der Waals surface area contributed by atoms with Crippen LogP contribution in [0.1, 0.15) is 30.9 Å². The highest BCUT2D eigenvalue weighted by Crippen LogP contribution is 2.26. The maximum Gasteiger partial charge on any atom is 0.264 e. The maximum atomic E-state index is 14.4. The molecule has 0 fully saturated rings. The van der Waals surface area contributed by atoms with E-state index in [0.29, 0.717) is 27.8 Å². The fourth-order valence-corrected chi connectivity index (χ4v) is 6.46. The molecule has 0 aromatic heterocycles. The van der Waals surface area contributed by atoms with Gasteiger partial charge in [-0.2, -0.15) is 0 Å². The highest BCUT2D eigenvalue weighted by molar-refractivity contribution is 7.92. The third kappa shape index (κ3) is 8.62. The number of hydrogen-bond donors (Lipinski definition) is 1. The first-order valence-electron chi connectivity index (χ1n) is 14.4. The number of amides is 2. The van der Waals surface area contributed by atoms with Crippen molar-refractivity contribution in [3.05, 3.63) is 130 Å². The van der Waals surface area contributed by atoms with Crippen LogP contribution in [0.5, 0.6) is 0 Å². The molecule has 44 heavy (non-hydrogen) atoms. The fourth-order valence-electron chi connectivity index (χ4n) is 4.73. The quantitative estimate of drug-likeness (QED) is 0.153. The zero-order valence-corrected chi connectivity index (χ0v) is 26.7. The lowest BCUT2D eigenvalue weighted by atomic mass is 10.0. The summed E-state index contributed by atoms with van der Waals surface area (Å²) in [4.78, 5) is 29.6. The van der Waals surface area contributed by atoms with Gasteiger partial charge in [0.25, 0.3) is 10.0 Å². The molecule has 10 heteroatoms. The van der Waals surface area contributed by atoms with E-state index >= 15 is 0 Å². The van der Waals surface area contributed by atoms with Gasteiger partial charge in [0.2, 0.25) is 11.8 Å². The van der Waals surface area contributed by atoms with Gasteiger partial charge in [-0.05, 0) is 60.0 Å². The number of carbonyl (C=O) groups excluding carboxylic acids is 2. The SMILES string of the molecule is CCCCNC(=O)C(Cc1ccccc1)N(Cc1ccccc1Cl)C(=O)CN(c1ccccc1)S(=O)(=O)c1ccc(Cl)cc1. The molecule has 4 rings (SSSR count). The van der Waals surface area contributed by atoms with Gasteiger partial charge in [-0.1, -0.05) is 103 Å². The number of halogens is 2. The Kier molecular flexibility index (Phi) is 11.8. The third-order valence-corrected chi connectivity index (χ3v) is 9.53. The molecule has 0 heterocycles. The molecular weight excluding hydrogens is 617 g/mol. The van der Waals surface area contributed by atoms with E-state index in [0.717, 1.165) is 22.7 Å². The van der Waals surface area contributed by atoms with Crippen molar-refractivity contribution >= 4 is 50.7 Å². The Morgan fingerprint density at radius 2 is 1.43 bits per heavy atom. The molecule has 0 radical (unpaired) electrons. The molecule has 0 saturated heterocycles. The van der Waals surface area contributed by atoms with Gasteiger partial charge >= 0.3 is 0 Å². The molecule has 4 aromatic carbocycles. The predicted molar refractivity (Wildman–Crippen MR) is 176 cm³/mol. The average Bonchev–Trinajstić information content (AvgIpc) is 3.03.